The molecule has 3 rings (SSSR count). The zero-order chi connectivity index (χ0) is 19.4. The summed E-state index contributed by atoms with van der Waals surface area (Å²) in [4.78, 5) is 36.6. The second-order valence-electron chi connectivity index (χ2n) is 5.90. The molecule has 0 saturated carbocycles. The highest BCUT2D eigenvalue weighted by Crippen LogP contribution is 2.21. The molecule has 0 aliphatic carbocycles. The molecular formula is C20H16N2O4S. The summed E-state index contributed by atoms with van der Waals surface area (Å²) in [7, 11) is 0. The smallest absolute Gasteiger partial charge is 0.273 e. The lowest BCUT2D eigenvalue weighted by molar-refractivity contribution is -0.385. The van der Waals surface area contributed by atoms with Gasteiger partial charge in [0.25, 0.3) is 11.6 Å². The van der Waals surface area contributed by atoms with Gasteiger partial charge in [-0.2, -0.15) is 0 Å². The minimum absolute atomic E-state index is 0.0627. The molecule has 0 fully saturated rings. The van der Waals surface area contributed by atoms with Crippen LogP contribution in [0.5, 0.6) is 0 Å². The molecule has 0 unspecified atom stereocenters. The van der Waals surface area contributed by atoms with E-state index in [-0.39, 0.29) is 23.6 Å². The summed E-state index contributed by atoms with van der Waals surface area (Å²) in [5.74, 6) is -0.463. The van der Waals surface area contributed by atoms with Crippen LogP contribution < -0.4 is 5.32 Å². The number of nitrogens with zero attached hydrogens (tertiary/aromatic N) is 1. The van der Waals surface area contributed by atoms with Crippen LogP contribution in [0.1, 0.15) is 36.0 Å². The minimum Gasteiger partial charge on any atom is -0.347 e. The number of ketones is 1. The van der Waals surface area contributed by atoms with Crippen LogP contribution in [-0.2, 0) is 6.54 Å². The van der Waals surface area contributed by atoms with E-state index in [2.05, 4.69) is 5.32 Å². The lowest BCUT2D eigenvalue weighted by atomic mass is 10.1. The van der Waals surface area contributed by atoms with Gasteiger partial charge >= 0.3 is 0 Å². The fraction of sp³-hybridized carbons (Fsp3) is 0.100. The van der Waals surface area contributed by atoms with Crippen LogP contribution in [-0.4, -0.2) is 16.6 Å². The van der Waals surface area contributed by atoms with E-state index in [1.165, 1.54) is 17.4 Å². The number of carbonyl (C=O) groups is 2. The van der Waals surface area contributed by atoms with Crippen molar-refractivity contribution in [1.29, 1.82) is 0 Å². The summed E-state index contributed by atoms with van der Waals surface area (Å²) in [6, 6.07) is 16.9. The molecule has 0 bridgehead atoms. The van der Waals surface area contributed by atoms with Gasteiger partial charge in [-0.3, -0.25) is 19.7 Å². The highest BCUT2D eigenvalue weighted by molar-refractivity contribution is 7.14. The fourth-order valence-corrected chi connectivity index (χ4v) is 3.45. The summed E-state index contributed by atoms with van der Waals surface area (Å²) >= 11 is 1.31. The lowest BCUT2D eigenvalue weighted by Crippen LogP contribution is -2.22. The SMILES string of the molecule is Cc1ccc(C(=O)NCc2ccc(C(=O)c3ccccc3)s2)cc1[N+](=O)[O-]. The zero-order valence-electron chi connectivity index (χ0n) is 14.5. The van der Waals surface area contributed by atoms with Gasteiger partial charge in [0.15, 0.2) is 0 Å². The van der Waals surface area contributed by atoms with E-state index in [1.54, 1.807) is 43.3 Å². The van der Waals surface area contributed by atoms with Crippen molar-refractivity contribution in [2.45, 2.75) is 13.5 Å². The van der Waals surface area contributed by atoms with Crippen LogP contribution >= 0.6 is 11.3 Å². The summed E-state index contributed by atoms with van der Waals surface area (Å²) < 4.78 is 0. The van der Waals surface area contributed by atoms with Crippen LogP contribution in [0.4, 0.5) is 5.69 Å². The molecule has 27 heavy (non-hydrogen) atoms. The van der Waals surface area contributed by atoms with Gasteiger partial charge in [0.1, 0.15) is 0 Å². The molecule has 2 aromatic carbocycles. The Morgan fingerprint density at radius 1 is 1.04 bits per heavy atom. The highest BCUT2D eigenvalue weighted by atomic mass is 32.1. The maximum Gasteiger partial charge on any atom is 0.273 e. The number of rotatable bonds is 6. The molecule has 1 amide bonds. The Labute approximate surface area is 159 Å². The van der Waals surface area contributed by atoms with Gasteiger partial charge in [0.2, 0.25) is 5.78 Å². The first kappa shape index (κ1) is 18.5. The molecule has 7 heteroatoms. The molecule has 0 aliphatic heterocycles. The van der Waals surface area contributed by atoms with Crippen molar-refractivity contribution in [3.8, 4) is 0 Å². The van der Waals surface area contributed by atoms with Crippen LogP contribution in [0.25, 0.3) is 0 Å². The molecule has 3 aromatic rings. The quantitative estimate of drug-likeness (QED) is 0.396. The zero-order valence-corrected chi connectivity index (χ0v) is 15.3. The summed E-state index contributed by atoms with van der Waals surface area (Å²) in [6.07, 6.45) is 0. The molecule has 1 N–H and O–H groups in total. The molecule has 1 heterocycles. The average Bonchev–Trinajstić information content (AvgIpc) is 3.15. The number of amides is 1. The Kier molecular flexibility index (Phi) is 5.42. The topological polar surface area (TPSA) is 89.3 Å². The Morgan fingerprint density at radius 2 is 1.78 bits per heavy atom. The van der Waals surface area contributed by atoms with Gasteiger partial charge in [-0.1, -0.05) is 36.4 Å². The molecule has 136 valence electrons. The Morgan fingerprint density at radius 3 is 2.48 bits per heavy atom. The third kappa shape index (κ3) is 4.27. The minimum atomic E-state index is -0.507. The maximum atomic E-state index is 12.4. The second-order valence-corrected chi connectivity index (χ2v) is 7.07. The summed E-state index contributed by atoms with van der Waals surface area (Å²) in [5.41, 5.74) is 1.25. The van der Waals surface area contributed by atoms with E-state index < -0.39 is 10.8 Å². The number of thiophene rings is 1. The lowest BCUT2D eigenvalue weighted by Gasteiger charge is -2.05. The monoisotopic (exact) mass is 380 g/mol. The molecule has 0 radical (unpaired) electrons. The van der Waals surface area contributed by atoms with E-state index in [9.17, 15) is 19.7 Å². The van der Waals surface area contributed by atoms with E-state index in [1.807, 2.05) is 18.2 Å². The van der Waals surface area contributed by atoms with Gasteiger partial charge in [0.05, 0.1) is 16.3 Å². The molecular weight excluding hydrogens is 364 g/mol. The van der Waals surface area contributed by atoms with E-state index in [0.717, 1.165) is 4.88 Å². The molecule has 0 atom stereocenters. The highest BCUT2D eigenvalue weighted by Gasteiger charge is 2.16. The molecule has 0 saturated heterocycles. The second kappa shape index (κ2) is 7.92. The van der Waals surface area contributed by atoms with Crippen molar-refractivity contribution in [2.24, 2.45) is 0 Å². The van der Waals surface area contributed by atoms with Crippen molar-refractivity contribution in [1.82, 2.24) is 5.32 Å². The number of benzene rings is 2. The van der Waals surface area contributed by atoms with Gasteiger partial charge < -0.3 is 5.32 Å². The predicted molar refractivity (Wildman–Crippen MR) is 103 cm³/mol. The van der Waals surface area contributed by atoms with Crippen molar-refractivity contribution >= 4 is 28.7 Å². The number of nitro groups is 1. The largest absolute Gasteiger partial charge is 0.347 e. The number of nitrogens with one attached hydrogen (secondary N) is 1. The Bertz CT molecular complexity index is 1010. The van der Waals surface area contributed by atoms with Gasteiger partial charge in [-0.15, -0.1) is 11.3 Å². The van der Waals surface area contributed by atoms with E-state index in [4.69, 9.17) is 0 Å². The van der Waals surface area contributed by atoms with Gasteiger partial charge in [-0.05, 0) is 25.1 Å². The van der Waals surface area contributed by atoms with Crippen molar-refractivity contribution in [3.63, 3.8) is 0 Å². The number of hydrogen-bond donors (Lipinski definition) is 1. The first-order valence-electron chi connectivity index (χ1n) is 8.17. The van der Waals surface area contributed by atoms with Gasteiger partial charge in [0, 0.05) is 27.6 Å². The van der Waals surface area contributed by atoms with Crippen LogP contribution in [0.2, 0.25) is 0 Å². The van der Waals surface area contributed by atoms with E-state index >= 15 is 0 Å². The number of hydrogen-bond acceptors (Lipinski definition) is 5. The number of aryl methyl sites for hydroxylation is 1. The molecule has 1 aromatic heterocycles. The van der Waals surface area contributed by atoms with E-state index in [0.29, 0.717) is 16.0 Å². The van der Waals surface area contributed by atoms with Crippen molar-refractivity contribution < 1.29 is 14.5 Å². The predicted octanol–water partition coefficient (Wildman–Crippen LogP) is 4.13. The fourth-order valence-electron chi connectivity index (χ4n) is 2.54. The number of carbonyl (C=O) groups excluding carboxylic acids is 2. The van der Waals surface area contributed by atoms with Crippen LogP contribution in [0.3, 0.4) is 0 Å². The third-order valence-corrected chi connectivity index (χ3v) is 5.10. The van der Waals surface area contributed by atoms with Crippen LogP contribution in [0.15, 0.2) is 60.7 Å². The maximum absolute atomic E-state index is 12.4. The molecule has 0 spiro atoms. The Balaban J connectivity index is 1.67. The Hall–Kier alpha value is -3.32. The molecule has 0 aliphatic rings. The first-order valence-corrected chi connectivity index (χ1v) is 8.99. The van der Waals surface area contributed by atoms with Crippen molar-refractivity contribution in [3.05, 3.63) is 97.2 Å². The number of nitro benzene ring substituents is 1. The molecule has 6 nitrogen and oxygen atoms in total. The first-order chi connectivity index (χ1) is 13.0. The van der Waals surface area contributed by atoms with Crippen molar-refractivity contribution in [2.75, 3.05) is 0 Å². The summed E-state index contributed by atoms with van der Waals surface area (Å²) in [5, 5.41) is 13.7. The third-order valence-electron chi connectivity index (χ3n) is 4.01. The van der Waals surface area contributed by atoms with Gasteiger partial charge in [-0.25, -0.2) is 0 Å². The standard InChI is InChI=1S/C20H16N2O4S/c1-13-7-8-15(11-17(13)22(25)26)20(24)21-12-16-9-10-18(27-16)19(23)14-5-3-2-4-6-14/h2-11H,12H2,1H3,(H,21,24). The summed E-state index contributed by atoms with van der Waals surface area (Å²) in [6.45, 7) is 1.87. The van der Waals surface area contributed by atoms with Crippen LogP contribution in [0, 0.1) is 17.0 Å². The average molecular weight is 380 g/mol. The normalized spacial score (nSPS) is 10.4.